The lowest BCUT2D eigenvalue weighted by atomic mass is 9.98. The van der Waals surface area contributed by atoms with Crippen molar-refractivity contribution >= 4 is 5.97 Å². The van der Waals surface area contributed by atoms with Crippen molar-refractivity contribution in [2.45, 2.75) is 66.4 Å². The van der Waals surface area contributed by atoms with Crippen molar-refractivity contribution in [1.29, 1.82) is 0 Å². The van der Waals surface area contributed by atoms with Crippen LogP contribution in [0, 0.1) is 5.92 Å². The minimum Gasteiger partial charge on any atom is -0.460 e. The highest BCUT2D eigenvalue weighted by Gasteiger charge is 2.02. The van der Waals surface area contributed by atoms with Crippen LogP contribution in [-0.4, -0.2) is 12.1 Å². The van der Waals surface area contributed by atoms with E-state index < -0.39 is 0 Å². The summed E-state index contributed by atoms with van der Waals surface area (Å²) in [6.45, 7) is 13.9. The Kier molecular flexibility index (Phi) is 9.79. The molecule has 0 aliphatic carbocycles. The summed E-state index contributed by atoms with van der Waals surface area (Å²) in [6, 6.07) is 0. The van der Waals surface area contributed by atoms with Crippen molar-refractivity contribution in [2.24, 2.45) is 5.92 Å². The molecule has 0 heterocycles. The van der Waals surface area contributed by atoms with Gasteiger partial charge in [0.25, 0.3) is 0 Å². The van der Waals surface area contributed by atoms with Crippen molar-refractivity contribution in [1.82, 2.24) is 0 Å². The molecule has 0 bridgehead atoms. The summed E-state index contributed by atoms with van der Waals surface area (Å²) in [7, 11) is 0. The van der Waals surface area contributed by atoms with Gasteiger partial charge < -0.3 is 4.74 Å². The largest absolute Gasteiger partial charge is 0.460 e. The van der Waals surface area contributed by atoms with Gasteiger partial charge in [-0.15, -0.1) is 6.58 Å². The molecule has 0 aliphatic rings. The van der Waals surface area contributed by atoms with E-state index in [1.807, 2.05) is 26.8 Å². The quantitative estimate of drug-likeness (QED) is 0.250. The molecule has 0 fully saturated rings. The molecule has 114 valence electrons. The van der Waals surface area contributed by atoms with Crippen LogP contribution < -0.4 is 0 Å². The summed E-state index contributed by atoms with van der Waals surface area (Å²) in [5.74, 6) is 0.401. The zero-order valence-corrected chi connectivity index (χ0v) is 13.7. The van der Waals surface area contributed by atoms with Gasteiger partial charge >= 0.3 is 5.97 Å². The van der Waals surface area contributed by atoms with E-state index >= 15 is 0 Å². The SMILES string of the molecule is C=C(C)CCCC(C)C/C=C/C(C)=C/C(=O)OC(C)C. The molecule has 0 aromatic heterocycles. The second-order valence-corrected chi connectivity index (χ2v) is 5.97. The highest BCUT2D eigenvalue weighted by molar-refractivity contribution is 5.83. The maximum Gasteiger partial charge on any atom is 0.331 e. The first-order chi connectivity index (χ1) is 9.31. The van der Waals surface area contributed by atoms with Crippen LogP contribution in [0.25, 0.3) is 0 Å². The van der Waals surface area contributed by atoms with Gasteiger partial charge in [-0.3, -0.25) is 0 Å². The van der Waals surface area contributed by atoms with Crippen LogP contribution in [0.5, 0.6) is 0 Å². The third kappa shape index (κ3) is 11.8. The van der Waals surface area contributed by atoms with Gasteiger partial charge in [0.15, 0.2) is 0 Å². The van der Waals surface area contributed by atoms with Gasteiger partial charge in [-0.2, -0.15) is 0 Å². The number of carbonyl (C=O) groups is 1. The number of hydrogen-bond donors (Lipinski definition) is 0. The predicted octanol–water partition coefficient (Wildman–Crippen LogP) is 5.21. The molecule has 0 aliphatic heterocycles. The maximum atomic E-state index is 11.4. The van der Waals surface area contributed by atoms with E-state index in [1.54, 1.807) is 6.08 Å². The average molecular weight is 278 g/mol. The van der Waals surface area contributed by atoms with Crippen molar-refractivity contribution in [2.75, 3.05) is 0 Å². The van der Waals surface area contributed by atoms with E-state index in [2.05, 4.69) is 26.5 Å². The molecule has 0 rings (SSSR count). The Hall–Kier alpha value is -1.31. The van der Waals surface area contributed by atoms with Crippen LogP contribution in [0.4, 0.5) is 0 Å². The highest BCUT2D eigenvalue weighted by atomic mass is 16.5. The van der Waals surface area contributed by atoms with E-state index in [0.29, 0.717) is 5.92 Å². The first-order valence-electron chi connectivity index (χ1n) is 7.51. The molecule has 0 amide bonds. The van der Waals surface area contributed by atoms with E-state index in [0.717, 1.165) is 18.4 Å². The number of esters is 1. The summed E-state index contributed by atoms with van der Waals surface area (Å²) in [5, 5.41) is 0. The third-order valence-electron chi connectivity index (χ3n) is 2.92. The predicted molar refractivity (Wildman–Crippen MR) is 86.6 cm³/mol. The molecule has 2 heteroatoms. The zero-order chi connectivity index (χ0) is 15.5. The smallest absolute Gasteiger partial charge is 0.331 e. The highest BCUT2D eigenvalue weighted by Crippen LogP contribution is 2.15. The van der Waals surface area contributed by atoms with Crippen molar-refractivity contribution in [3.05, 3.63) is 36.0 Å². The second kappa shape index (κ2) is 10.5. The fourth-order valence-corrected chi connectivity index (χ4v) is 1.86. The summed E-state index contributed by atoms with van der Waals surface area (Å²) in [6.07, 6.45) is 10.2. The Bertz CT molecular complexity index is 362. The van der Waals surface area contributed by atoms with Gasteiger partial charge in [0.2, 0.25) is 0 Å². The molecule has 0 aromatic rings. The van der Waals surface area contributed by atoms with Gasteiger partial charge in [-0.05, 0) is 58.4 Å². The summed E-state index contributed by atoms with van der Waals surface area (Å²) in [5.41, 5.74) is 2.19. The van der Waals surface area contributed by atoms with Gasteiger partial charge in [0, 0.05) is 6.08 Å². The fraction of sp³-hybridized carbons (Fsp3) is 0.611. The molecule has 20 heavy (non-hydrogen) atoms. The Morgan fingerprint density at radius 1 is 1.25 bits per heavy atom. The number of ether oxygens (including phenoxy) is 1. The minimum atomic E-state index is -0.267. The lowest BCUT2D eigenvalue weighted by molar-refractivity contribution is -0.141. The zero-order valence-electron chi connectivity index (χ0n) is 13.7. The summed E-state index contributed by atoms with van der Waals surface area (Å²) >= 11 is 0. The molecule has 0 saturated carbocycles. The lowest BCUT2D eigenvalue weighted by Gasteiger charge is -2.08. The molecule has 2 nitrogen and oxygen atoms in total. The molecule has 1 unspecified atom stereocenters. The van der Waals surface area contributed by atoms with Crippen molar-refractivity contribution in [3.63, 3.8) is 0 Å². The molecule has 0 aromatic carbocycles. The number of rotatable bonds is 9. The maximum absolute atomic E-state index is 11.4. The molecular formula is C18H30O2. The molecular weight excluding hydrogens is 248 g/mol. The Morgan fingerprint density at radius 3 is 2.45 bits per heavy atom. The monoisotopic (exact) mass is 278 g/mol. The topological polar surface area (TPSA) is 26.3 Å². The van der Waals surface area contributed by atoms with Crippen LogP contribution in [0.3, 0.4) is 0 Å². The van der Waals surface area contributed by atoms with Crippen LogP contribution in [0.2, 0.25) is 0 Å². The normalized spacial score (nSPS) is 13.8. The lowest BCUT2D eigenvalue weighted by Crippen LogP contribution is -2.08. The number of hydrogen-bond acceptors (Lipinski definition) is 2. The van der Waals surface area contributed by atoms with E-state index in [4.69, 9.17) is 4.74 Å². The molecule has 0 saturated heterocycles. The van der Waals surface area contributed by atoms with Crippen molar-refractivity contribution < 1.29 is 9.53 Å². The molecule has 1 atom stereocenters. The fourth-order valence-electron chi connectivity index (χ4n) is 1.86. The average Bonchev–Trinajstić information content (AvgIpc) is 2.26. The standard InChI is InChI=1S/C18H30O2/c1-14(2)9-7-10-16(5)11-8-12-17(6)13-18(19)20-15(3)4/h8,12-13,15-16H,1,7,9-11H2,2-6H3/b12-8+,17-13+. The number of carbonyl (C=O) groups excluding carboxylic acids is 1. The Morgan fingerprint density at radius 2 is 1.90 bits per heavy atom. The van der Waals surface area contributed by atoms with Crippen LogP contribution in [0.1, 0.15) is 60.3 Å². The van der Waals surface area contributed by atoms with Crippen LogP contribution in [0.15, 0.2) is 36.0 Å². The molecule has 0 spiro atoms. The van der Waals surface area contributed by atoms with Crippen LogP contribution >= 0.6 is 0 Å². The van der Waals surface area contributed by atoms with Crippen molar-refractivity contribution in [3.8, 4) is 0 Å². The van der Waals surface area contributed by atoms with Crippen LogP contribution in [-0.2, 0) is 9.53 Å². The van der Waals surface area contributed by atoms with Gasteiger partial charge in [-0.1, -0.05) is 31.1 Å². The van der Waals surface area contributed by atoms with E-state index in [1.165, 1.54) is 18.4 Å². The van der Waals surface area contributed by atoms with Gasteiger partial charge in [-0.25, -0.2) is 4.79 Å². The van der Waals surface area contributed by atoms with Gasteiger partial charge in [0.1, 0.15) is 0 Å². The number of allylic oxidation sites excluding steroid dienone is 4. The Balaban J connectivity index is 4.01. The third-order valence-corrected chi connectivity index (χ3v) is 2.92. The Labute approximate surface area is 124 Å². The summed E-state index contributed by atoms with van der Waals surface area (Å²) in [4.78, 5) is 11.4. The summed E-state index contributed by atoms with van der Waals surface area (Å²) < 4.78 is 5.07. The first-order valence-corrected chi connectivity index (χ1v) is 7.51. The molecule has 0 N–H and O–H groups in total. The van der Waals surface area contributed by atoms with E-state index in [9.17, 15) is 4.79 Å². The minimum absolute atomic E-state index is 0.0659. The molecule has 0 radical (unpaired) electrons. The van der Waals surface area contributed by atoms with Gasteiger partial charge in [0.05, 0.1) is 6.10 Å². The first kappa shape index (κ1) is 18.7. The second-order valence-electron chi connectivity index (χ2n) is 5.97. The van der Waals surface area contributed by atoms with E-state index in [-0.39, 0.29) is 12.1 Å².